The molecule has 0 heterocycles. The fourth-order valence-corrected chi connectivity index (χ4v) is 6.04. The number of unbranched alkanes of at least 4 members (excludes halogenated alkanes) is 35. The Morgan fingerprint density at radius 1 is 0.137 bits per heavy atom. The van der Waals surface area contributed by atoms with Crippen molar-refractivity contribution in [3.8, 4) is 0 Å². The topological polar surface area (TPSA) is 0 Å². The third kappa shape index (κ3) is 94.5. The zero-order valence-corrected chi connectivity index (χ0v) is 41.3. The van der Waals surface area contributed by atoms with Gasteiger partial charge in [-0.1, -0.05) is 326 Å². The second kappa shape index (κ2) is 75.8. The molecule has 51 heavy (non-hydrogen) atoms. The molecule has 0 atom stereocenters. The first kappa shape index (κ1) is 63.9. The Balaban J connectivity index is -0.0000000964. The van der Waals surface area contributed by atoms with Crippen molar-refractivity contribution in [1.29, 1.82) is 0 Å². The van der Waals surface area contributed by atoms with Gasteiger partial charge in [0.15, 0.2) is 0 Å². The van der Waals surface area contributed by atoms with E-state index in [0.717, 1.165) is 0 Å². The van der Waals surface area contributed by atoms with Crippen LogP contribution >= 0.6 is 0 Å². The van der Waals surface area contributed by atoms with Gasteiger partial charge in [-0.3, -0.25) is 0 Å². The van der Waals surface area contributed by atoms with Crippen LogP contribution in [-0.4, -0.2) is 0 Å². The van der Waals surface area contributed by atoms with E-state index < -0.39 is 0 Å². The maximum Gasteiger partial charge on any atom is 1.00 e. The molecule has 0 aromatic rings. The van der Waals surface area contributed by atoms with Crippen LogP contribution in [0.4, 0.5) is 0 Å². The van der Waals surface area contributed by atoms with E-state index in [4.69, 9.17) is 0 Å². The van der Waals surface area contributed by atoms with E-state index in [9.17, 15) is 0 Å². The van der Waals surface area contributed by atoms with Crippen molar-refractivity contribution in [3.05, 3.63) is 0 Å². The van der Waals surface area contributed by atoms with E-state index in [-0.39, 0.29) is 31.0 Å². The largest absolute Gasteiger partial charge is 1.00 e. The Kier molecular flexibility index (Phi) is 95.1. The van der Waals surface area contributed by atoms with Crippen LogP contribution in [0.3, 0.4) is 0 Å². The molecule has 0 N–H and O–H groups in total. The van der Waals surface area contributed by atoms with Crippen LogP contribution in [0.25, 0.3) is 0 Å². The number of rotatable bonds is 35. The Hall–Kier alpha value is 1.00. The minimum Gasteiger partial charge on any atom is -1.00 e. The summed E-state index contributed by atoms with van der Waals surface area (Å²) >= 11 is 0. The third-order valence-corrected chi connectivity index (χ3v) is 9.79. The van der Waals surface area contributed by atoms with Gasteiger partial charge in [-0.05, 0) is 0 Å². The molecule has 0 bridgehead atoms. The molecule has 0 aromatic carbocycles. The van der Waals surface area contributed by atoms with E-state index >= 15 is 0 Å². The van der Waals surface area contributed by atoms with Gasteiger partial charge >= 0.3 is 29.6 Å². The van der Waals surface area contributed by atoms with E-state index in [2.05, 4.69) is 69.2 Å². The molecule has 0 unspecified atom stereocenters. The summed E-state index contributed by atoms with van der Waals surface area (Å²) in [6, 6.07) is 0. The van der Waals surface area contributed by atoms with Crippen molar-refractivity contribution < 1.29 is 31.0 Å². The molecule has 0 fully saturated rings. The molecular weight excluding hydrogens is 624 g/mol. The van der Waals surface area contributed by atoms with Crippen molar-refractivity contribution in [2.45, 2.75) is 326 Å². The van der Waals surface area contributed by atoms with Crippen LogP contribution < -0.4 is 29.6 Å². The summed E-state index contributed by atoms with van der Waals surface area (Å²) < 4.78 is 0. The van der Waals surface area contributed by atoms with Gasteiger partial charge in [0.25, 0.3) is 0 Å². The van der Waals surface area contributed by atoms with Gasteiger partial charge in [0, 0.05) is 0 Å². The van der Waals surface area contributed by atoms with Crippen molar-refractivity contribution in [2.24, 2.45) is 0 Å². The van der Waals surface area contributed by atoms with Crippen LogP contribution in [0.15, 0.2) is 0 Å². The molecular formula is C50H111Na. The molecule has 0 spiro atoms. The number of hydrogen-bond acceptors (Lipinski definition) is 0. The van der Waals surface area contributed by atoms with Gasteiger partial charge in [0.05, 0.1) is 0 Å². The summed E-state index contributed by atoms with van der Waals surface area (Å²) in [4.78, 5) is 0. The first-order valence-electron chi connectivity index (χ1n) is 24.6. The molecule has 312 valence electrons. The fourth-order valence-electron chi connectivity index (χ4n) is 6.04. The standard InChI is InChI=1S/5C10H22.Na.H/c5*1-3-5-7-9-10-8-6-4-2;;/h5*3-10H2,1-2H3;;/q;;;;;+1;-1. The van der Waals surface area contributed by atoms with Gasteiger partial charge in [0.2, 0.25) is 0 Å². The molecule has 0 saturated heterocycles. The first-order valence-corrected chi connectivity index (χ1v) is 24.6. The van der Waals surface area contributed by atoms with Crippen molar-refractivity contribution in [1.82, 2.24) is 0 Å². The maximum absolute atomic E-state index is 2.27. The van der Waals surface area contributed by atoms with Crippen LogP contribution in [0, 0.1) is 0 Å². The quantitative estimate of drug-likeness (QED) is 0.0449. The second-order valence-corrected chi connectivity index (χ2v) is 15.6. The smallest absolute Gasteiger partial charge is 1.00 e. The average Bonchev–Trinajstić information content (AvgIpc) is 3.13. The summed E-state index contributed by atoms with van der Waals surface area (Å²) in [7, 11) is 0. The molecule has 0 nitrogen and oxygen atoms in total. The normalized spacial score (nSPS) is 10.0. The van der Waals surface area contributed by atoms with Gasteiger partial charge in [-0.25, -0.2) is 0 Å². The summed E-state index contributed by atoms with van der Waals surface area (Å²) in [6.45, 7) is 22.7. The summed E-state index contributed by atoms with van der Waals surface area (Å²) in [6.07, 6.45) is 57.3. The molecule has 0 aliphatic heterocycles. The van der Waals surface area contributed by atoms with Gasteiger partial charge in [-0.2, -0.15) is 0 Å². The molecule has 1 heteroatoms. The van der Waals surface area contributed by atoms with Gasteiger partial charge in [0.1, 0.15) is 0 Å². The molecule has 0 aliphatic rings. The zero-order valence-electron chi connectivity index (χ0n) is 40.3. The predicted octanol–water partition coefficient (Wildman–Crippen LogP) is 17.9. The van der Waals surface area contributed by atoms with Crippen LogP contribution in [0.5, 0.6) is 0 Å². The van der Waals surface area contributed by atoms with Gasteiger partial charge < -0.3 is 1.43 Å². The number of hydrogen-bond donors (Lipinski definition) is 0. The van der Waals surface area contributed by atoms with Crippen molar-refractivity contribution >= 4 is 0 Å². The van der Waals surface area contributed by atoms with E-state index in [1.807, 2.05) is 0 Å². The predicted molar refractivity (Wildman–Crippen MR) is 243 cm³/mol. The monoisotopic (exact) mass is 735 g/mol. The van der Waals surface area contributed by atoms with E-state index in [0.29, 0.717) is 0 Å². The molecule has 0 rings (SSSR count). The SMILES string of the molecule is CCCCCCCCCC.CCCCCCCCCC.CCCCCCCCCC.CCCCCCCCCC.CCCCCCCCCC.[H-].[Na+]. The van der Waals surface area contributed by atoms with Crippen molar-refractivity contribution in [3.63, 3.8) is 0 Å². The summed E-state index contributed by atoms with van der Waals surface area (Å²) in [5.74, 6) is 0. The Morgan fingerprint density at radius 2 is 0.196 bits per heavy atom. The van der Waals surface area contributed by atoms with Crippen LogP contribution in [0.1, 0.15) is 327 Å². The second-order valence-electron chi connectivity index (χ2n) is 15.6. The molecule has 0 aliphatic carbocycles. The average molecular weight is 735 g/mol. The molecule has 0 amide bonds. The minimum atomic E-state index is 0. The first-order chi connectivity index (χ1) is 24.6. The van der Waals surface area contributed by atoms with Crippen LogP contribution in [0.2, 0.25) is 0 Å². The fraction of sp³-hybridized carbons (Fsp3) is 1.00. The summed E-state index contributed by atoms with van der Waals surface area (Å²) in [5.41, 5.74) is 0. The Labute approximate surface area is 355 Å². The molecule has 0 radical (unpaired) electrons. The molecule has 0 saturated carbocycles. The third-order valence-electron chi connectivity index (χ3n) is 9.79. The zero-order chi connectivity index (χ0) is 38.3. The van der Waals surface area contributed by atoms with Crippen LogP contribution in [-0.2, 0) is 0 Å². The Bertz CT molecular complexity index is 307. The summed E-state index contributed by atoms with van der Waals surface area (Å²) in [5, 5.41) is 0. The minimum absolute atomic E-state index is 0. The van der Waals surface area contributed by atoms with E-state index in [1.165, 1.54) is 257 Å². The maximum atomic E-state index is 2.27. The molecule has 0 aromatic heterocycles. The Morgan fingerprint density at radius 3 is 0.255 bits per heavy atom. The van der Waals surface area contributed by atoms with E-state index in [1.54, 1.807) is 0 Å². The van der Waals surface area contributed by atoms with Crippen molar-refractivity contribution in [2.75, 3.05) is 0 Å². The van der Waals surface area contributed by atoms with Gasteiger partial charge in [-0.15, -0.1) is 0 Å².